The largest absolute Gasteiger partial charge is 0.508 e. The minimum atomic E-state index is 0.189. The number of phenolic OH excluding ortho intramolecular Hbond substituents is 1. The lowest BCUT2D eigenvalue weighted by atomic mass is 10.0. The fourth-order valence-corrected chi connectivity index (χ4v) is 2.82. The zero-order chi connectivity index (χ0) is 14.1. The molecule has 0 amide bonds. The maximum absolute atomic E-state index is 9.35. The quantitative estimate of drug-likeness (QED) is 0.820. The van der Waals surface area contributed by atoms with Gasteiger partial charge in [-0.3, -0.25) is 0 Å². The van der Waals surface area contributed by atoms with Crippen LogP contribution in [-0.4, -0.2) is 14.9 Å². The Morgan fingerprint density at radius 1 is 1.25 bits per heavy atom. The summed E-state index contributed by atoms with van der Waals surface area (Å²) in [6.07, 6.45) is 4.58. The Morgan fingerprint density at radius 2 is 1.90 bits per heavy atom. The number of hydrogen-bond donors (Lipinski definition) is 2. The number of anilines is 1. The van der Waals surface area contributed by atoms with Crippen LogP contribution in [0.3, 0.4) is 0 Å². The van der Waals surface area contributed by atoms with Crippen LogP contribution >= 0.6 is 0 Å². The molecule has 3 N–H and O–H groups in total. The summed E-state index contributed by atoms with van der Waals surface area (Å²) in [7, 11) is 0. The number of phenols is 1. The van der Waals surface area contributed by atoms with Crippen LogP contribution in [0.2, 0.25) is 0 Å². The number of benzene rings is 1. The number of aromatic nitrogens is 2. The molecule has 0 spiro atoms. The van der Waals surface area contributed by atoms with Crippen LogP contribution < -0.4 is 5.73 Å². The van der Waals surface area contributed by atoms with Gasteiger partial charge in [0.15, 0.2) is 0 Å². The van der Waals surface area contributed by atoms with Gasteiger partial charge in [0.25, 0.3) is 5.82 Å². The molecule has 1 aromatic heterocycles. The first-order valence-corrected chi connectivity index (χ1v) is 6.76. The van der Waals surface area contributed by atoms with Crippen molar-refractivity contribution in [3.8, 4) is 11.4 Å². The van der Waals surface area contributed by atoms with E-state index < -0.39 is 0 Å². The highest BCUT2D eigenvalue weighted by Gasteiger charge is 2.27. The molecule has 1 fully saturated rings. The number of nitrogen functional groups attached to an aromatic ring is 1. The fourth-order valence-electron chi connectivity index (χ4n) is 2.82. The Morgan fingerprint density at radius 3 is 2.50 bits per heavy atom. The van der Waals surface area contributed by atoms with Gasteiger partial charge in [-0.05, 0) is 37.1 Å². The summed E-state index contributed by atoms with van der Waals surface area (Å²) in [4.78, 5) is 3.52. The van der Waals surface area contributed by atoms with E-state index in [0.29, 0.717) is 17.4 Å². The molecule has 0 radical (unpaired) electrons. The molecule has 5 heteroatoms. The predicted octanol–water partition coefficient (Wildman–Crippen LogP) is 3.37. The molecule has 0 saturated heterocycles. The van der Waals surface area contributed by atoms with Gasteiger partial charge in [-0.15, -0.1) is 0 Å². The van der Waals surface area contributed by atoms with Crippen LogP contribution in [-0.2, 0) is 0 Å². The van der Waals surface area contributed by atoms with Gasteiger partial charge >= 0.3 is 0 Å². The zero-order valence-electron chi connectivity index (χ0n) is 11.1. The molecule has 0 unspecified atom stereocenters. The molecule has 0 aliphatic heterocycles. The average molecular weight is 268 g/mol. The summed E-state index contributed by atoms with van der Waals surface area (Å²) in [6, 6.07) is 6.62. The maximum Gasteiger partial charge on any atom is 0.280 e. The summed E-state index contributed by atoms with van der Waals surface area (Å²) in [5, 5.41) is 13.9. The van der Waals surface area contributed by atoms with E-state index >= 15 is 0 Å². The number of aromatic hydroxyl groups is 1. The highest BCUT2D eigenvalue weighted by atomic mass is 16.3. The number of nitrogens with zero attached hydrogens (tertiary/aromatic N) is 3. The molecule has 1 aliphatic rings. The zero-order valence-corrected chi connectivity index (χ0v) is 11.1. The first-order chi connectivity index (χ1) is 9.70. The van der Waals surface area contributed by atoms with Crippen molar-refractivity contribution in [1.29, 1.82) is 0 Å². The normalized spacial score (nSPS) is 15.3. The molecule has 3 rings (SSSR count). The third-order valence-electron chi connectivity index (χ3n) is 3.87. The molecule has 2 aromatic rings. The van der Waals surface area contributed by atoms with Gasteiger partial charge in [-0.1, -0.05) is 24.5 Å². The van der Waals surface area contributed by atoms with Crippen molar-refractivity contribution in [1.82, 2.24) is 9.78 Å². The minimum Gasteiger partial charge on any atom is -0.508 e. The standard InChI is InChI=1S/C15H16N4O/c1-17-15-13(16)14(10-4-2-3-5-10)18-19(15)11-6-8-12(20)9-7-11/h6-10,20H,2-5,16H2. The van der Waals surface area contributed by atoms with Crippen LogP contribution in [0.15, 0.2) is 24.3 Å². The number of hydrogen-bond acceptors (Lipinski definition) is 3. The molecule has 0 bridgehead atoms. The Labute approximate surface area is 117 Å². The van der Waals surface area contributed by atoms with Crippen LogP contribution in [0.4, 0.5) is 11.5 Å². The topological polar surface area (TPSA) is 68.4 Å². The molecule has 0 atom stereocenters. The Balaban J connectivity index is 2.09. The highest BCUT2D eigenvalue weighted by Crippen LogP contribution is 2.40. The summed E-state index contributed by atoms with van der Waals surface area (Å²) in [6.45, 7) is 7.34. The number of rotatable bonds is 2. The lowest BCUT2D eigenvalue weighted by molar-refractivity contribution is 0.475. The van der Waals surface area contributed by atoms with Gasteiger partial charge in [0.2, 0.25) is 0 Å². The first kappa shape index (κ1) is 12.5. The third-order valence-corrected chi connectivity index (χ3v) is 3.87. The first-order valence-electron chi connectivity index (χ1n) is 6.76. The molecule has 1 saturated carbocycles. The molecular weight excluding hydrogens is 252 g/mol. The van der Waals surface area contributed by atoms with Crippen molar-refractivity contribution < 1.29 is 5.11 Å². The third kappa shape index (κ3) is 1.99. The van der Waals surface area contributed by atoms with Gasteiger partial charge in [0.1, 0.15) is 11.4 Å². The minimum absolute atomic E-state index is 0.189. The van der Waals surface area contributed by atoms with Gasteiger partial charge < -0.3 is 15.7 Å². The lowest BCUT2D eigenvalue weighted by Gasteiger charge is -2.04. The van der Waals surface area contributed by atoms with Gasteiger partial charge in [0.05, 0.1) is 11.4 Å². The summed E-state index contributed by atoms with van der Waals surface area (Å²) >= 11 is 0. The summed E-state index contributed by atoms with van der Waals surface area (Å²) in [5.41, 5.74) is 8.20. The van der Waals surface area contributed by atoms with E-state index in [0.717, 1.165) is 24.2 Å². The monoisotopic (exact) mass is 268 g/mol. The Hall–Kier alpha value is -2.48. The van der Waals surface area contributed by atoms with Crippen LogP contribution in [0.1, 0.15) is 37.3 Å². The second kappa shape index (κ2) is 4.89. The van der Waals surface area contributed by atoms with E-state index in [4.69, 9.17) is 12.3 Å². The number of nitrogens with two attached hydrogens (primary N) is 1. The van der Waals surface area contributed by atoms with Crippen molar-refractivity contribution in [3.63, 3.8) is 0 Å². The summed E-state index contributed by atoms with van der Waals surface area (Å²) < 4.78 is 1.58. The Bertz CT molecular complexity index is 660. The van der Waals surface area contributed by atoms with E-state index in [-0.39, 0.29) is 5.75 Å². The molecule has 1 heterocycles. The second-order valence-electron chi connectivity index (χ2n) is 5.14. The molecule has 102 valence electrons. The lowest BCUT2D eigenvalue weighted by Crippen LogP contribution is -1.99. The van der Waals surface area contributed by atoms with E-state index in [1.54, 1.807) is 28.9 Å². The molecule has 5 nitrogen and oxygen atoms in total. The van der Waals surface area contributed by atoms with Crippen LogP contribution in [0, 0.1) is 6.57 Å². The van der Waals surface area contributed by atoms with Gasteiger partial charge in [0, 0.05) is 5.92 Å². The van der Waals surface area contributed by atoms with Crippen LogP contribution in [0.5, 0.6) is 5.75 Å². The van der Waals surface area contributed by atoms with E-state index in [9.17, 15) is 5.11 Å². The fraction of sp³-hybridized carbons (Fsp3) is 0.333. The van der Waals surface area contributed by atoms with E-state index in [1.807, 2.05) is 0 Å². The highest BCUT2D eigenvalue weighted by molar-refractivity contribution is 5.69. The maximum atomic E-state index is 9.35. The predicted molar refractivity (Wildman–Crippen MR) is 77.1 cm³/mol. The molecule has 1 aliphatic carbocycles. The smallest absolute Gasteiger partial charge is 0.280 e. The Kier molecular flexibility index (Phi) is 3.07. The van der Waals surface area contributed by atoms with E-state index in [1.165, 1.54) is 12.8 Å². The van der Waals surface area contributed by atoms with E-state index in [2.05, 4.69) is 9.94 Å². The molecule has 20 heavy (non-hydrogen) atoms. The van der Waals surface area contributed by atoms with Crippen molar-refractivity contribution in [2.45, 2.75) is 31.6 Å². The van der Waals surface area contributed by atoms with Gasteiger partial charge in [-0.2, -0.15) is 4.68 Å². The van der Waals surface area contributed by atoms with Crippen molar-refractivity contribution in [3.05, 3.63) is 41.4 Å². The van der Waals surface area contributed by atoms with Crippen LogP contribution in [0.25, 0.3) is 10.5 Å². The van der Waals surface area contributed by atoms with Crippen molar-refractivity contribution >= 4 is 11.5 Å². The molecule has 1 aromatic carbocycles. The summed E-state index contributed by atoms with van der Waals surface area (Å²) in [5.74, 6) is 0.917. The van der Waals surface area contributed by atoms with Crippen molar-refractivity contribution in [2.75, 3.05) is 5.73 Å². The SMILES string of the molecule is [C-]#[N+]c1c(N)c(C2CCCC2)nn1-c1ccc(O)cc1. The molecular formula is C15H16N4O. The van der Waals surface area contributed by atoms with Crippen molar-refractivity contribution in [2.24, 2.45) is 0 Å². The van der Waals surface area contributed by atoms with Gasteiger partial charge in [-0.25, -0.2) is 0 Å². The second-order valence-corrected chi connectivity index (χ2v) is 5.14. The average Bonchev–Trinajstić information content (AvgIpc) is 3.07.